The van der Waals surface area contributed by atoms with E-state index < -0.39 is 12.2 Å². The van der Waals surface area contributed by atoms with E-state index in [1.165, 1.54) is 11.3 Å². The molecule has 2 atom stereocenters. The van der Waals surface area contributed by atoms with Crippen LogP contribution in [0.15, 0.2) is 43.0 Å². The average molecular weight is 488 g/mol. The Morgan fingerprint density at radius 2 is 2.12 bits per heavy atom. The van der Waals surface area contributed by atoms with Gasteiger partial charge in [-0.1, -0.05) is 17.7 Å². The summed E-state index contributed by atoms with van der Waals surface area (Å²) in [5, 5.41) is 2.79. The zero-order chi connectivity index (χ0) is 23.5. The van der Waals surface area contributed by atoms with Gasteiger partial charge in [0.05, 0.1) is 22.3 Å². The number of cyclic esters (lactones) is 1. The Hall–Kier alpha value is -2.84. The summed E-state index contributed by atoms with van der Waals surface area (Å²) in [5.41, 5.74) is 2.48. The van der Waals surface area contributed by atoms with Crippen molar-refractivity contribution in [1.82, 2.24) is 5.32 Å². The Morgan fingerprint density at radius 3 is 2.82 bits per heavy atom. The molecule has 174 valence electrons. The highest BCUT2D eigenvalue weighted by Gasteiger charge is 2.34. The van der Waals surface area contributed by atoms with Crippen molar-refractivity contribution in [3.63, 3.8) is 0 Å². The maximum atomic E-state index is 12.9. The molecule has 2 fully saturated rings. The van der Waals surface area contributed by atoms with Crippen LogP contribution in [0, 0.1) is 12.8 Å². The van der Waals surface area contributed by atoms with Gasteiger partial charge in [0.25, 0.3) is 5.91 Å². The summed E-state index contributed by atoms with van der Waals surface area (Å²) >= 11 is 7.07. The minimum absolute atomic E-state index is 0.0231. The van der Waals surface area contributed by atoms with Crippen LogP contribution in [0.5, 0.6) is 0 Å². The summed E-state index contributed by atoms with van der Waals surface area (Å²) in [5.74, 6) is -0.145. The van der Waals surface area contributed by atoms with Crippen LogP contribution in [0.4, 0.5) is 16.2 Å². The molecule has 2 aliphatic heterocycles. The lowest BCUT2D eigenvalue weighted by Gasteiger charge is -2.33. The lowest BCUT2D eigenvalue weighted by Crippen LogP contribution is -2.41. The fraction of sp³-hybridized carbons (Fsp3) is 0.375. The third-order valence-corrected chi connectivity index (χ3v) is 7.17. The van der Waals surface area contributed by atoms with Crippen LogP contribution in [0.3, 0.4) is 0 Å². The van der Waals surface area contributed by atoms with Crippen LogP contribution < -0.4 is 15.1 Å². The van der Waals surface area contributed by atoms with Gasteiger partial charge in [-0.15, -0.1) is 17.9 Å². The molecule has 0 saturated carbocycles. The number of carbonyl (C=O) groups is 3. The summed E-state index contributed by atoms with van der Waals surface area (Å²) in [7, 11) is 0. The molecule has 2 saturated heterocycles. The first-order valence-corrected chi connectivity index (χ1v) is 12.1. The smallest absolute Gasteiger partial charge is 0.414 e. The molecule has 4 rings (SSSR count). The third-order valence-electron chi connectivity index (χ3n) is 5.94. The number of nitrogens with one attached hydrogen (secondary N) is 1. The van der Waals surface area contributed by atoms with Crippen molar-refractivity contribution < 1.29 is 19.1 Å². The highest BCUT2D eigenvalue weighted by molar-refractivity contribution is 7.18. The molecule has 1 unspecified atom stereocenters. The molecule has 33 heavy (non-hydrogen) atoms. The van der Waals surface area contributed by atoms with Crippen molar-refractivity contribution in [2.45, 2.75) is 32.3 Å². The second kappa shape index (κ2) is 9.97. The zero-order valence-corrected chi connectivity index (χ0v) is 20.0. The second-order valence-corrected chi connectivity index (χ2v) is 9.97. The minimum Gasteiger partial charge on any atom is -0.442 e. The first-order chi connectivity index (χ1) is 15.9. The number of ether oxygens (including phenoxy) is 1. The van der Waals surface area contributed by atoms with Crippen molar-refractivity contribution in [1.29, 1.82) is 0 Å². The van der Waals surface area contributed by atoms with E-state index in [1.54, 1.807) is 23.1 Å². The molecule has 0 aliphatic carbocycles. The van der Waals surface area contributed by atoms with E-state index in [0.29, 0.717) is 34.4 Å². The topological polar surface area (TPSA) is 79.0 Å². The number of hydrogen-bond donors (Lipinski definition) is 1. The number of benzene rings is 1. The standard InChI is InChI=1S/C24H26ClN3O4S/c1-3-5-16-6-4-11-27(23(16)30)19-8-7-17(12-15(19)2)28-14-18(32-24(28)31)13-26-22(29)20-9-10-21(25)33-20/h3,7-10,12,16,18H,1,4-6,11,13-14H2,2H3,(H,26,29)/t16?,18-/m0/s1. The number of aryl methyl sites for hydroxylation is 1. The summed E-state index contributed by atoms with van der Waals surface area (Å²) in [6.45, 7) is 6.93. The number of anilines is 2. The quantitative estimate of drug-likeness (QED) is 0.570. The molecule has 1 aromatic carbocycles. The molecule has 2 aromatic rings. The Labute approximate surface area is 202 Å². The van der Waals surface area contributed by atoms with Crippen LogP contribution in [0.1, 0.15) is 34.5 Å². The predicted molar refractivity (Wildman–Crippen MR) is 130 cm³/mol. The number of hydrogen-bond acceptors (Lipinski definition) is 5. The first kappa shape index (κ1) is 23.3. The molecule has 3 heterocycles. The highest BCUT2D eigenvalue weighted by atomic mass is 35.5. The Bertz CT molecular complexity index is 1090. The van der Waals surface area contributed by atoms with E-state index >= 15 is 0 Å². The van der Waals surface area contributed by atoms with Crippen molar-refractivity contribution in [3.05, 3.63) is 57.8 Å². The van der Waals surface area contributed by atoms with Crippen LogP contribution in [0.25, 0.3) is 0 Å². The fourth-order valence-corrected chi connectivity index (χ4v) is 5.25. The SMILES string of the molecule is C=CCC1CCCN(c2ccc(N3C[C@H](CNC(=O)c4ccc(Cl)s4)OC3=O)cc2C)C1=O. The normalized spacial score (nSPS) is 20.7. The van der Waals surface area contributed by atoms with E-state index in [0.717, 1.165) is 24.1 Å². The minimum atomic E-state index is -0.458. The molecule has 0 radical (unpaired) electrons. The monoisotopic (exact) mass is 487 g/mol. The zero-order valence-electron chi connectivity index (χ0n) is 18.4. The van der Waals surface area contributed by atoms with Gasteiger partial charge in [-0.25, -0.2) is 4.79 Å². The molecule has 3 amide bonds. The molecule has 7 nitrogen and oxygen atoms in total. The number of carbonyl (C=O) groups excluding carboxylic acids is 3. The van der Waals surface area contributed by atoms with Gasteiger partial charge < -0.3 is 15.0 Å². The maximum absolute atomic E-state index is 12.9. The van der Waals surface area contributed by atoms with Crippen LogP contribution in [-0.4, -0.2) is 43.6 Å². The molecule has 1 N–H and O–H groups in total. The van der Waals surface area contributed by atoms with Gasteiger partial charge >= 0.3 is 6.09 Å². The number of nitrogens with zero attached hydrogens (tertiary/aromatic N) is 2. The summed E-state index contributed by atoms with van der Waals surface area (Å²) in [4.78, 5) is 41.5. The molecular weight excluding hydrogens is 462 g/mol. The maximum Gasteiger partial charge on any atom is 0.414 e. The Kier molecular flexibility index (Phi) is 7.05. The van der Waals surface area contributed by atoms with Gasteiger partial charge in [-0.2, -0.15) is 0 Å². The largest absolute Gasteiger partial charge is 0.442 e. The van der Waals surface area contributed by atoms with Gasteiger partial charge in [0.15, 0.2) is 0 Å². The Balaban J connectivity index is 1.40. The molecule has 0 bridgehead atoms. The second-order valence-electron chi connectivity index (χ2n) is 8.25. The molecule has 2 aliphatic rings. The lowest BCUT2D eigenvalue weighted by molar-refractivity contribution is -0.123. The number of amides is 3. The van der Waals surface area contributed by atoms with Gasteiger partial charge in [0.1, 0.15) is 6.10 Å². The van der Waals surface area contributed by atoms with Crippen LogP contribution in [-0.2, 0) is 9.53 Å². The van der Waals surface area contributed by atoms with E-state index in [-0.39, 0.29) is 24.3 Å². The van der Waals surface area contributed by atoms with E-state index in [2.05, 4.69) is 11.9 Å². The number of piperidine rings is 1. The Morgan fingerprint density at radius 1 is 1.30 bits per heavy atom. The molecule has 1 aromatic heterocycles. The van der Waals surface area contributed by atoms with E-state index in [9.17, 15) is 14.4 Å². The third kappa shape index (κ3) is 5.07. The van der Waals surface area contributed by atoms with E-state index in [1.807, 2.05) is 30.0 Å². The van der Waals surface area contributed by atoms with Crippen LogP contribution in [0.2, 0.25) is 4.34 Å². The van der Waals surface area contributed by atoms with Gasteiger partial charge in [-0.3, -0.25) is 14.5 Å². The number of thiophene rings is 1. The average Bonchev–Trinajstić information content (AvgIpc) is 3.39. The van der Waals surface area contributed by atoms with Crippen LogP contribution >= 0.6 is 22.9 Å². The number of rotatable bonds is 7. The summed E-state index contributed by atoms with van der Waals surface area (Å²) < 4.78 is 5.98. The van der Waals surface area contributed by atoms with Crippen molar-refractivity contribution in [2.24, 2.45) is 5.92 Å². The van der Waals surface area contributed by atoms with Crippen molar-refractivity contribution in [2.75, 3.05) is 29.4 Å². The molecule has 9 heteroatoms. The predicted octanol–water partition coefficient (Wildman–Crippen LogP) is 4.78. The molecular formula is C24H26ClN3O4S. The van der Waals surface area contributed by atoms with Gasteiger partial charge in [0, 0.05) is 23.8 Å². The highest BCUT2D eigenvalue weighted by Crippen LogP contribution is 2.32. The fourth-order valence-electron chi connectivity index (χ4n) is 4.29. The van der Waals surface area contributed by atoms with Gasteiger partial charge in [0.2, 0.25) is 5.91 Å². The first-order valence-electron chi connectivity index (χ1n) is 10.9. The van der Waals surface area contributed by atoms with Crippen molar-refractivity contribution >= 4 is 52.2 Å². The number of allylic oxidation sites excluding steroid dienone is 1. The number of halogens is 1. The van der Waals surface area contributed by atoms with Gasteiger partial charge in [-0.05, 0) is 62.1 Å². The van der Waals surface area contributed by atoms with Crippen molar-refractivity contribution in [3.8, 4) is 0 Å². The summed E-state index contributed by atoms with van der Waals surface area (Å²) in [6, 6.07) is 8.95. The lowest BCUT2D eigenvalue weighted by atomic mass is 9.93. The molecule has 0 spiro atoms. The summed E-state index contributed by atoms with van der Waals surface area (Å²) in [6.07, 6.45) is 3.41. The van der Waals surface area contributed by atoms with E-state index in [4.69, 9.17) is 16.3 Å².